The number of halogens is 2. The van der Waals surface area contributed by atoms with E-state index in [9.17, 15) is 8.78 Å². The highest BCUT2D eigenvalue weighted by molar-refractivity contribution is 5.29. The predicted octanol–water partition coefficient (Wildman–Crippen LogP) is 3.90. The van der Waals surface area contributed by atoms with E-state index in [0.29, 0.717) is 12.5 Å². The van der Waals surface area contributed by atoms with Crippen LogP contribution in [0, 0.1) is 17.6 Å². The Morgan fingerprint density at radius 2 is 1.90 bits per heavy atom. The van der Waals surface area contributed by atoms with Gasteiger partial charge in [-0.1, -0.05) is 26.0 Å². The Hall–Kier alpha value is -2.01. The Morgan fingerprint density at radius 3 is 2.67 bits per heavy atom. The molecule has 5 heteroatoms. The van der Waals surface area contributed by atoms with Crippen LogP contribution in [-0.2, 0) is 6.54 Å². The van der Waals surface area contributed by atoms with Gasteiger partial charge in [0.2, 0.25) is 11.7 Å². The summed E-state index contributed by atoms with van der Waals surface area (Å²) in [5, 5.41) is 3.26. The Labute approximate surface area is 123 Å². The van der Waals surface area contributed by atoms with E-state index < -0.39 is 11.6 Å². The number of hydrogen-bond donors (Lipinski definition) is 1. The van der Waals surface area contributed by atoms with Crippen molar-refractivity contribution >= 4 is 0 Å². The molecule has 0 fully saturated rings. The Morgan fingerprint density at radius 1 is 1.14 bits per heavy atom. The van der Waals surface area contributed by atoms with Gasteiger partial charge in [-0.05, 0) is 30.7 Å². The first-order valence-electron chi connectivity index (χ1n) is 6.85. The average molecular weight is 292 g/mol. The molecule has 0 saturated carbocycles. The molecule has 1 N–H and O–H groups in total. The maximum atomic E-state index is 13.5. The molecule has 1 aromatic carbocycles. The van der Waals surface area contributed by atoms with E-state index in [1.165, 1.54) is 12.1 Å². The van der Waals surface area contributed by atoms with Crippen LogP contribution in [0.15, 0.2) is 36.4 Å². The van der Waals surface area contributed by atoms with Crippen molar-refractivity contribution in [1.29, 1.82) is 0 Å². The topological polar surface area (TPSA) is 34.1 Å². The third kappa shape index (κ3) is 4.49. The molecule has 0 aliphatic rings. The minimum atomic E-state index is -1.01. The van der Waals surface area contributed by atoms with E-state index in [0.717, 1.165) is 18.3 Å². The normalized spacial score (nSPS) is 10.9. The van der Waals surface area contributed by atoms with Crippen molar-refractivity contribution in [2.24, 2.45) is 5.92 Å². The standard InChI is InChI=1S/C16H18F2N2O/c1-11(2)9-19-10-12-5-3-8-15(20-12)21-14-7-4-6-13(17)16(14)18/h3-8,11,19H,9-10H2,1-2H3. The number of benzene rings is 1. The third-order valence-corrected chi connectivity index (χ3v) is 2.77. The molecule has 2 aromatic rings. The minimum Gasteiger partial charge on any atom is -0.436 e. The van der Waals surface area contributed by atoms with Crippen LogP contribution in [0.4, 0.5) is 8.78 Å². The van der Waals surface area contributed by atoms with Crippen LogP contribution in [0.25, 0.3) is 0 Å². The number of nitrogens with one attached hydrogen (secondary N) is 1. The van der Waals surface area contributed by atoms with E-state index in [-0.39, 0.29) is 11.6 Å². The van der Waals surface area contributed by atoms with E-state index in [2.05, 4.69) is 24.1 Å². The quantitative estimate of drug-likeness (QED) is 0.877. The predicted molar refractivity (Wildman–Crippen MR) is 77.2 cm³/mol. The fourth-order valence-corrected chi connectivity index (χ4v) is 1.78. The summed E-state index contributed by atoms with van der Waals surface area (Å²) in [5.41, 5.74) is 0.782. The lowest BCUT2D eigenvalue weighted by atomic mass is 10.2. The summed E-state index contributed by atoms with van der Waals surface area (Å²) in [5.74, 6) is -1.34. The van der Waals surface area contributed by atoms with E-state index in [1.807, 2.05) is 6.07 Å². The summed E-state index contributed by atoms with van der Waals surface area (Å²) < 4.78 is 32.0. The number of pyridine rings is 1. The molecule has 2 rings (SSSR count). The fraction of sp³-hybridized carbons (Fsp3) is 0.312. The van der Waals surface area contributed by atoms with Gasteiger partial charge in [-0.15, -0.1) is 0 Å². The highest BCUT2D eigenvalue weighted by Crippen LogP contribution is 2.24. The van der Waals surface area contributed by atoms with Crippen LogP contribution in [0.1, 0.15) is 19.5 Å². The van der Waals surface area contributed by atoms with Gasteiger partial charge in [0, 0.05) is 12.6 Å². The van der Waals surface area contributed by atoms with E-state index in [4.69, 9.17) is 4.74 Å². The molecule has 0 spiro atoms. The molecule has 0 bridgehead atoms. The van der Waals surface area contributed by atoms with Crippen molar-refractivity contribution in [3.63, 3.8) is 0 Å². The number of aromatic nitrogens is 1. The second-order valence-corrected chi connectivity index (χ2v) is 5.15. The molecule has 0 saturated heterocycles. The van der Waals surface area contributed by atoms with Crippen molar-refractivity contribution in [2.45, 2.75) is 20.4 Å². The number of ether oxygens (including phenoxy) is 1. The van der Waals surface area contributed by atoms with Crippen molar-refractivity contribution in [1.82, 2.24) is 10.3 Å². The van der Waals surface area contributed by atoms with Gasteiger partial charge in [0.1, 0.15) is 0 Å². The largest absolute Gasteiger partial charge is 0.436 e. The molecule has 21 heavy (non-hydrogen) atoms. The lowest BCUT2D eigenvalue weighted by Crippen LogP contribution is -2.19. The first kappa shape index (κ1) is 15.4. The Kier molecular flexibility index (Phi) is 5.22. The second-order valence-electron chi connectivity index (χ2n) is 5.15. The summed E-state index contributed by atoms with van der Waals surface area (Å²) in [4.78, 5) is 4.26. The molecule has 0 atom stereocenters. The van der Waals surface area contributed by atoms with Crippen molar-refractivity contribution in [3.05, 3.63) is 53.7 Å². The lowest BCUT2D eigenvalue weighted by molar-refractivity contribution is 0.404. The number of hydrogen-bond acceptors (Lipinski definition) is 3. The molecule has 1 heterocycles. The van der Waals surface area contributed by atoms with Gasteiger partial charge in [-0.25, -0.2) is 9.37 Å². The van der Waals surface area contributed by atoms with Crippen LogP contribution in [0.5, 0.6) is 11.6 Å². The molecule has 0 aliphatic heterocycles. The molecule has 3 nitrogen and oxygen atoms in total. The Bertz CT molecular complexity index is 603. The van der Waals surface area contributed by atoms with Gasteiger partial charge < -0.3 is 10.1 Å². The molecule has 0 unspecified atom stereocenters. The van der Waals surface area contributed by atoms with Crippen LogP contribution >= 0.6 is 0 Å². The number of rotatable bonds is 6. The summed E-state index contributed by atoms with van der Waals surface area (Å²) >= 11 is 0. The van der Waals surface area contributed by atoms with Gasteiger partial charge in [0.15, 0.2) is 11.6 Å². The highest BCUT2D eigenvalue weighted by Gasteiger charge is 2.10. The smallest absolute Gasteiger partial charge is 0.219 e. The fourth-order valence-electron chi connectivity index (χ4n) is 1.78. The SMILES string of the molecule is CC(C)CNCc1cccc(Oc2cccc(F)c2F)n1. The molecular weight excluding hydrogens is 274 g/mol. The zero-order valence-electron chi connectivity index (χ0n) is 12.1. The van der Waals surface area contributed by atoms with E-state index >= 15 is 0 Å². The molecule has 0 amide bonds. The van der Waals surface area contributed by atoms with Crippen molar-refractivity contribution < 1.29 is 13.5 Å². The first-order valence-corrected chi connectivity index (χ1v) is 6.85. The lowest BCUT2D eigenvalue weighted by Gasteiger charge is -2.09. The van der Waals surface area contributed by atoms with Crippen LogP contribution < -0.4 is 10.1 Å². The summed E-state index contributed by atoms with van der Waals surface area (Å²) in [6, 6.07) is 9.03. The molecule has 112 valence electrons. The summed E-state index contributed by atoms with van der Waals surface area (Å²) in [6.07, 6.45) is 0. The zero-order chi connectivity index (χ0) is 15.2. The van der Waals surface area contributed by atoms with Gasteiger partial charge >= 0.3 is 0 Å². The monoisotopic (exact) mass is 292 g/mol. The molecule has 0 aliphatic carbocycles. The average Bonchev–Trinajstić information content (AvgIpc) is 2.44. The van der Waals surface area contributed by atoms with Gasteiger partial charge in [-0.3, -0.25) is 0 Å². The maximum absolute atomic E-state index is 13.5. The van der Waals surface area contributed by atoms with Gasteiger partial charge in [0.05, 0.1) is 5.69 Å². The minimum absolute atomic E-state index is 0.171. The summed E-state index contributed by atoms with van der Waals surface area (Å²) in [7, 11) is 0. The molecule has 0 radical (unpaired) electrons. The number of nitrogens with zero attached hydrogens (tertiary/aromatic N) is 1. The van der Waals surface area contributed by atoms with Crippen LogP contribution in [0.2, 0.25) is 0 Å². The van der Waals surface area contributed by atoms with Crippen LogP contribution in [0.3, 0.4) is 0 Å². The zero-order valence-corrected chi connectivity index (χ0v) is 12.1. The van der Waals surface area contributed by atoms with E-state index in [1.54, 1.807) is 12.1 Å². The highest BCUT2D eigenvalue weighted by atomic mass is 19.2. The Balaban J connectivity index is 2.05. The molecular formula is C16H18F2N2O. The van der Waals surface area contributed by atoms with Gasteiger partial charge in [-0.2, -0.15) is 4.39 Å². The van der Waals surface area contributed by atoms with Crippen molar-refractivity contribution in [3.8, 4) is 11.6 Å². The van der Waals surface area contributed by atoms with Crippen LogP contribution in [-0.4, -0.2) is 11.5 Å². The van der Waals surface area contributed by atoms with Gasteiger partial charge in [0.25, 0.3) is 0 Å². The van der Waals surface area contributed by atoms with Crippen molar-refractivity contribution in [2.75, 3.05) is 6.54 Å². The molecule has 1 aromatic heterocycles. The third-order valence-electron chi connectivity index (χ3n) is 2.77. The first-order chi connectivity index (χ1) is 10.1. The maximum Gasteiger partial charge on any atom is 0.219 e. The summed E-state index contributed by atoms with van der Waals surface area (Å²) in [6.45, 7) is 5.71. The second kappa shape index (κ2) is 7.13.